The molecule has 2 aliphatic rings. The second-order valence-electron chi connectivity index (χ2n) is 7.29. The van der Waals surface area contributed by atoms with E-state index in [9.17, 15) is 4.79 Å². The first-order chi connectivity index (χ1) is 13.5. The van der Waals surface area contributed by atoms with E-state index in [-0.39, 0.29) is 6.03 Å². The summed E-state index contributed by atoms with van der Waals surface area (Å²) in [5.74, 6) is 0.905. The molecule has 28 heavy (non-hydrogen) atoms. The van der Waals surface area contributed by atoms with Gasteiger partial charge < -0.3 is 19.4 Å². The van der Waals surface area contributed by atoms with Gasteiger partial charge in [-0.05, 0) is 17.7 Å². The zero-order valence-electron chi connectivity index (χ0n) is 16.2. The molecule has 152 valence electrons. The molecular formula is C18H25ClN6O2S. The molecular weight excluding hydrogens is 400 g/mol. The van der Waals surface area contributed by atoms with Gasteiger partial charge in [0.1, 0.15) is 10.6 Å². The van der Waals surface area contributed by atoms with Gasteiger partial charge in [0.25, 0.3) is 0 Å². The highest BCUT2D eigenvalue weighted by atomic mass is 35.5. The number of aromatic nitrogens is 2. The van der Waals surface area contributed by atoms with Gasteiger partial charge in [-0.2, -0.15) is 4.98 Å². The number of piperazine rings is 1. The zero-order valence-corrected chi connectivity index (χ0v) is 17.8. The summed E-state index contributed by atoms with van der Waals surface area (Å²) in [4.78, 5) is 31.4. The molecule has 0 unspecified atom stereocenters. The second-order valence-corrected chi connectivity index (χ2v) is 8.74. The van der Waals surface area contributed by atoms with Crippen LogP contribution in [0.15, 0.2) is 6.07 Å². The summed E-state index contributed by atoms with van der Waals surface area (Å²) < 4.78 is 5.46. The van der Waals surface area contributed by atoms with Crippen LogP contribution in [0.4, 0.5) is 10.6 Å². The maximum atomic E-state index is 12.1. The van der Waals surface area contributed by atoms with Crippen molar-refractivity contribution in [2.45, 2.75) is 6.54 Å². The summed E-state index contributed by atoms with van der Waals surface area (Å²) in [6, 6.07) is 2.28. The normalized spacial score (nSPS) is 18.7. The lowest BCUT2D eigenvalue weighted by atomic mass is 10.2. The molecule has 0 radical (unpaired) electrons. The van der Waals surface area contributed by atoms with Crippen molar-refractivity contribution in [2.75, 3.05) is 71.5 Å². The van der Waals surface area contributed by atoms with Gasteiger partial charge in [0.15, 0.2) is 0 Å². The highest BCUT2D eigenvalue weighted by Gasteiger charge is 2.24. The Kier molecular flexibility index (Phi) is 5.86. The smallest absolute Gasteiger partial charge is 0.319 e. The second kappa shape index (κ2) is 8.36. The van der Waals surface area contributed by atoms with Crippen molar-refractivity contribution < 1.29 is 9.53 Å². The zero-order chi connectivity index (χ0) is 19.7. The van der Waals surface area contributed by atoms with E-state index in [1.54, 1.807) is 30.3 Å². The average molecular weight is 425 g/mol. The lowest BCUT2D eigenvalue weighted by molar-refractivity contribution is 0.120. The van der Waals surface area contributed by atoms with Gasteiger partial charge in [-0.1, -0.05) is 0 Å². The number of urea groups is 1. The van der Waals surface area contributed by atoms with Crippen LogP contribution < -0.4 is 4.90 Å². The third-order valence-corrected chi connectivity index (χ3v) is 6.29. The van der Waals surface area contributed by atoms with E-state index in [1.165, 1.54) is 4.88 Å². The number of halogens is 1. The number of amides is 2. The molecule has 10 heteroatoms. The maximum absolute atomic E-state index is 12.1. The van der Waals surface area contributed by atoms with E-state index in [4.69, 9.17) is 16.3 Å². The Balaban J connectivity index is 1.47. The molecule has 2 saturated heterocycles. The number of ether oxygens (including phenoxy) is 1. The highest BCUT2D eigenvalue weighted by molar-refractivity contribution is 7.18. The van der Waals surface area contributed by atoms with Gasteiger partial charge in [0.2, 0.25) is 5.28 Å². The van der Waals surface area contributed by atoms with Crippen molar-refractivity contribution in [3.63, 3.8) is 0 Å². The number of carbonyl (C=O) groups is 1. The van der Waals surface area contributed by atoms with Crippen molar-refractivity contribution >= 4 is 45.0 Å². The van der Waals surface area contributed by atoms with E-state index >= 15 is 0 Å². The van der Waals surface area contributed by atoms with Crippen LogP contribution in [0.25, 0.3) is 10.2 Å². The summed E-state index contributed by atoms with van der Waals surface area (Å²) in [5, 5.41) is 1.35. The summed E-state index contributed by atoms with van der Waals surface area (Å²) in [6.07, 6.45) is 0. The van der Waals surface area contributed by atoms with Crippen LogP contribution in [-0.2, 0) is 11.3 Å². The number of hydrogen-bond acceptors (Lipinski definition) is 7. The Labute approximate surface area is 173 Å². The van der Waals surface area contributed by atoms with Gasteiger partial charge in [0, 0.05) is 64.8 Å². The van der Waals surface area contributed by atoms with Crippen LogP contribution in [0.5, 0.6) is 0 Å². The van der Waals surface area contributed by atoms with E-state index in [0.717, 1.165) is 61.8 Å². The van der Waals surface area contributed by atoms with E-state index in [0.29, 0.717) is 18.5 Å². The Morgan fingerprint density at radius 2 is 1.89 bits per heavy atom. The predicted octanol–water partition coefficient (Wildman–Crippen LogP) is 1.98. The minimum Gasteiger partial charge on any atom is -0.378 e. The lowest BCUT2D eigenvalue weighted by Gasteiger charge is -2.35. The van der Waals surface area contributed by atoms with Gasteiger partial charge in [0.05, 0.1) is 18.6 Å². The van der Waals surface area contributed by atoms with Crippen LogP contribution in [0, 0.1) is 0 Å². The molecule has 2 fully saturated rings. The molecule has 4 rings (SSSR count). The number of anilines is 1. The Morgan fingerprint density at radius 1 is 1.18 bits per heavy atom. The molecule has 0 atom stereocenters. The van der Waals surface area contributed by atoms with E-state index < -0.39 is 0 Å². The molecule has 0 spiro atoms. The van der Waals surface area contributed by atoms with Gasteiger partial charge in [-0.15, -0.1) is 11.3 Å². The van der Waals surface area contributed by atoms with Crippen molar-refractivity contribution in [1.29, 1.82) is 0 Å². The third-order valence-electron chi connectivity index (χ3n) is 5.11. The monoisotopic (exact) mass is 424 g/mol. The summed E-state index contributed by atoms with van der Waals surface area (Å²) in [5.41, 5.74) is 0. The van der Waals surface area contributed by atoms with E-state index in [2.05, 4.69) is 25.8 Å². The molecule has 2 aromatic heterocycles. The fourth-order valence-electron chi connectivity index (χ4n) is 3.63. The minimum atomic E-state index is 0.0848. The van der Waals surface area contributed by atoms with Crippen molar-refractivity contribution in [3.8, 4) is 0 Å². The number of morpholine rings is 1. The Bertz CT molecular complexity index is 846. The first kappa shape index (κ1) is 19.6. The number of rotatable bonds is 3. The molecule has 0 N–H and O–H groups in total. The summed E-state index contributed by atoms with van der Waals surface area (Å²) >= 11 is 7.86. The van der Waals surface area contributed by atoms with Crippen LogP contribution in [0.2, 0.25) is 5.28 Å². The predicted molar refractivity (Wildman–Crippen MR) is 111 cm³/mol. The molecule has 2 aromatic rings. The molecule has 2 aliphatic heterocycles. The Hall–Kier alpha value is -1.68. The number of carbonyl (C=O) groups excluding carboxylic acids is 1. The fourth-order valence-corrected chi connectivity index (χ4v) is 4.90. The van der Waals surface area contributed by atoms with Crippen molar-refractivity contribution in [3.05, 3.63) is 16.2 Å². The molecule has 0 aliphatic carbocycles. The average Bonchev–Trinajstić information content (AvgIpc) is 3.10. The van der Waals surface area contributed by atoms with Crippen LogP contribution in [-0.4, -0.2) is 97.3 Å². The fraction of sp³-hybridized carbons (Fsp3) is 0.611. The van der Waals surface area contributed by atoms with E-state index in [1.807, 2.05) is 4.90 Å². The summed E-state index contributed by atoms with van der Waals surface area (Å²) in [7, 11) is 3.59. The highest BCUT2D eigenvalue weighted by Crippen LogP contribution is 2.33. The van der Waals surface area contributed by atoms with Gasteiger partial charge in [-0.25, -0.2) is 9.78 Å². The third kappa shape index (κ3) is 4.17. The lowest BCUT2D eigenvalue weighted by Crippen LogP contribution is -2.51. The minimum absolute atomic E-state index is 0.0848. The largest absolute Gasteiger partial charge is 0.378 e. The topological polar surface area (TPSA) is 65.0 Å². The van der Waals surface area contributed by atoms with Crippen LogP contribution in [0.1, 0.15) is 4.88 Å². The van der Waals surface area contributed by atoms with Gasteiger partial charge in [-0.3, -0.25) is 4.90 Å². The standard InChI is InChI=1S/C18H25ClN6O2S/c1-22(2)18(26)25-5-3-23(4-6-25)12-13-11-14-15(24-7-9-27-10-8-24)20-17(19)21-16(14)28-13/h11H,3-10,12H2,1-2H3. The molecule has 4 heterocycles. The summed E-state index contributed by atoms with van der Waals surface area (Å²) in [6.45, 7) is 7.15. The SMILES string of the molecule is CN(C)C(=O)N1CCN(Cc2cc3c(N4CCOCC4)nc(Cl)nc3s2)CC1. The first-order valence-electron chi connectivity index (χ1n) is 9.48. The molecule has 0 bridgehead atoms. The van der Waals surface area contributed by atoms with Gasteiger partial charge >= 0.3 is 6.03 Å². The quantitative estimate of drug-likeness (QED) is 0.702. The molecule has 0 aromatic carbocycles. The number of nitrogens with zero attached hydrogens (tertiary/aromatic N) is 6. The van der Waals surface area contributed by atoms with Crippen LogP contribution in [0.3, 0.4) is 0 Å². The number of hydrogen-bond donors (Lipinski definition) is 0. The van der Waals surface area contributed by atoms with Crippen molar-refractivity contribution in [1.82, 2.24) is 24.7 Å². The molecule has 2 amide bonds. The van der Waals surface area contributed by atoms with Crippen LogP contribution >= 0.6 is 22.9 Å². The Morgan fingerprint density at radius 3 is 2.57 bits per heavy atom. The van der Waals surface area contributed by atoms with Crippen molar-refractivity contribution in [2.24, 2.45) is 0 Å². The maximum Gasteiger partial charge on any atom is 0.319 e. The number of fused-ring (bicyclic) bond motifs is 1. The molecule has 0 saturated carbocycles. The number of thiophene rings is 1. The molecule has 8 nitrogen and oxygen atoms in total. The first-order valence-corrected chi connectivity index (χ1v) is 10.7.